The Kier molecular flexibility index (Phi) is 3.27. The van der Waals surface area contributed by atoms with Gasteiger partial charge in [-0.05, 0) is 0 Å². The number of carbonyl (C=O) groups is 1. The molecule has 0 amide bonds. The second kappa shape index (κ2) is 3.49. The van der Waals surface area contributed by atoms with Crippen molar-refractivity contribution in [2.24, 2.45) is 5.73 Å². The molecule has 1 radical (unpaired) electrons. The van der Waals surface area contributed by atoms with Crippen LogP contribution in [-0.4, -0.2) is 24.4 Å². The quantitative estimate of drug-likeness (QED) is 0.489. The zero-order valence-electron chi connectivity index (χ0n) is 4.79. The number of hydrogen-bond acceptors (Lipinski definition) is 2. The van der Waals surface area contributed by atoms with E-state index in [2.05, 4.69) is 0 Å². The Balaban J connectivity index is 3.32. The Labute approximate surface area is 49.1 Å². The smallest absolute Gasteiger partial charge is 0.319 e. The van der Waals surface area contributed by atoms with E-state index in [4.69, 9.17) is 10.8 Å². The summed E-state index contributed by atoms with van der Waals surface area (Å²) in [6.45, 7) is 1.78. The summed E-state index contributed by atoms with van der Waals surface area (Å²) in [4.78, 5) is 9.94. The van der Waals surface area contributed by atoms with E-state index >= 15 is 0 Å². The van der Waals surface area contributed by atoms with Crippen LogP contribution in [-0.2, 0) is 4.79 Å². The van der Waals surface area contributed by atoms with Crippen LogP contribution in [0.15, 0.2) is 0 Å². The molecule has 3 nitrogen and oxygen atoms in total. The number of hydrogen-bond donors (Lipinski definition) is 2. The molecule has 0 aromatic heterocycles. The Bertz CT molecular complexity index is 86.1. The summed E-state index contributed by atoms with van der Waals surface area (Å²) in [5.41, 5.74) is 5.10. The summed E-state index contributed by atoms with van der Waals surface area (Å²) in [6, 6.07) is -0.722. The SMILES string of the molecule is C[B]CC(N)C(=O)O. The van der Waals surface area contributed by atoms with Crippen molar-refractivity contribution in [3.8, 4) is 0 Å². The minimum Gasteiger partial charge on any atom is -0.480 e. The van der Waals surface area contributed by atoms with Crippen LogP contribution in [0.2, 0.25) is 13.1 Å². The monoisotopic (exact) mass is 114 g/mol. The van der Waals surface area contributed by atoms with Gasteiger partial charge >= 0.3 is 5.97 Å². The maximum atomic E-state index is 9.94. The van der Waals surface area contributed by atoms with E-state index < -0.39 is 12.0 Å². The van der Waals surface area contributed by atoms with Crippen LogP contribution < -0.4 is 5.73 Å². The predicted octanol–water partition coefficient (Wildman–Crippen LogP) is -0.431. The summed E-state index contributed by atoms with van der Waals surface area (Å²) >= 11 is 0. The lowest BCUT2D eigenvalue weighted by molar-refractivity contribution is -0.138. The van der Waals surface area contributed by atoms with Crippen molar-refractivity contribution in [2.45, 2.75) is 19.2 Å². The van der Waals surface area contributed by atoms with Crippen molar-refractivity contribution in [1.82, 2.24) is 0 Å². The Hall–Kier alpha value is -0.505. The van der Waals surface area contributed by atoms with Gasteiger partial charge in [-0.15, -0.1) is 0 Å². The van der Waals surface area contributed by atoms with E-state index in [0.717, 1.165) is 0 Å². The molecule has 1 atom stereocenters. The van der Waals surface area contributed by atoms with Crippen LogP contribution >= 0.6 is 0 Å². The van der Waals surface area contributed by atoms with Crippen molar-refractivity contribution >= 4 is 13.2 Å². The van der Waals surface area contributed by atoms with Crippen molar-refractivity contribution in [3.63, 3.8) is 0 Å². The fraction of sp³-hybridized carbons (Fsp3) is 0.750. The standard InChI is InChI=1S/C4H9BNO2/c1-5-2-3(6)4(7)8/h3H,2,6H2,1H3,(H,7,8). The number of carboxylic acid groups (broad SMARTS) is 1. The van der Waals surface area contributed by atoms with Gasteiger partial charge in [0.15, 0.2) is 0 Å². The number of carboxylic acids is 1. The van der Waals surface area contributed by atoms with Gasteiger partial charge < -0.3 is 10.8 Å². The summed E-state index contributed by atoms with van der Waals surface area (Å²) < 4.78 is 0. The van der Waals surface area contributed by atoms with Crippen molar-refractivity contribution in [3.05, 3.63) is 0 Å². The summed E-state index contributed by atoms with van der Waals surface area (Å²) in [5.74, 6) is -0.942. The van der Waals surface area contributed by atoms with Gasteiger partial charge in [0.1, 0.15) is 7.28 Å². The molecular weight excluding hydrogens is 105 g/mol. The fourth-order valence-electron chi connectivity index (χ4n) is 0.355. The molecule has 0 heterocycles. The summed E-state index contributed by atoms with van der Waals surface area (Å²) in [7, 11) is 1.73. The van der Waals surface area contributed by atoms with Crippen LogP contribution in [0.3, 0.4) is 0 Å². The molecule has 0 rings (SSSR count). The van der Waals surface area contributed by atoms with Crippen LogP contribution in [0.5, 0.6) is 0 Å². The first-order valence-corrected chi connectivity index (χ1v) is 2.44. The normalized spacial score (nSPS) is 12.8. The lowest BCUT2D eigenvalue weighted by Crippen LogP contribution is -2.30. The van der Waals surface area contributed by atoms with Crippen LogP contribution in [0.1, 0.15) is 0 Å². The maximum Gasteiger partial charge on any atom is 0.319 e. The summed E-state index contributed by atoms with van der Waals surface area (Å²) in [5, 5.41) is 8.17. The second-order valence-corrected chi connectivity index (χ2v) is 1.59. The molecule has 0 aliphatic carbocycles. The van der Waals surface area contributed by atoms with Crippen molar-refractivity contribution < 1.29 is 9.90 Å². The first-order valence-electron chi connectivity index (χ1n) is 2.44. The van der Waals surface area contributed by atoms with Gasteiger partial charge in [-0.1, -0.05) is 13.1 Å². The van der Waals surface area contributed by atoms with Gasteiger partial charge in [0.2, 0.25) is 0 Å². The van der Waals surface area contributed by atoms with E-state index in [1.54, 1.807) is 14.1 Å². The third-order valence-corrected chi connectivity index (χ3v) is 0.807. The highest BCUT2D eigenvalue weighted by Gasteiger charge is 2.08. The molecule has 0 aliphatic rings. The van der Waals surface area contributed by atoms with Crippen LogP contribution in [0.4, 0.5) is 0 Å². The number of rotatable bonds is 3. The molecule has 4 heteroatoms. The molecule has 0 saturated heterocycles. The molecule has 0 saturated carbocycles. The molecular formula is C4H9BNO2. The maximum absolute atomic E-state index is 9.94. The lowest BCUT2D eigenvalue weighted by atomic mass is 9.75. The zero-order chi connectivity index (χ0) is 6.57. The predicted molar refractivity (Wildman–Crippen MR) is 32.0 cm³/mol. The second-order valence-electron chi connectivity index (χ2n) is 1.59. The van der Waals surface area contributed by atoms with Gasteiger partial charge in [-0.25, -0.2) is 0 Å². The largest absolute Gasteiger partial charge is 0.480 e. The number of aliphatic carboxylic acids is 1. The van der Waals surface area contributed by atoms with E-state index in [0.29, 0.717) is 6.32 Å². The summed E-state index contributed by atoms with van der Waals surface area (Å²) in [6.07, 6.45) is 0.440. The Morgan fingerprint density at radius 1 is 2.00 bits per heavy atom. The van der Waals surface area contributed by atoms with Gasteiger partial charge in [-0.3, -0.25) is 4.79 Å². The molecule has 0 aliphatic heterocycles. The Morgan fingerprint density at radius 3 is 2.62 bits per heavy atom. The first-order chi connectivity index (χ1) is 3.68. The first kappa shape index (κ1) is 7.49. The molecule has 0 aromatic rings. The third kappa shape index (κ3) is 2.63. The van der Waals surface area contributed by atoms with Gasteiger partial charge in [0.25, 0.3) is 0 Å². The van der Waals surface area contributed by atoms with Gasteiger partial charge in [0, 0.05) is 0 Å². The molecule has 0 aromatic carbocycles. The Morgan fingerprint density at radius 2 is 2.50 bits per heavy atom. The lowest BCUT2D eigenvalue weighted by Gasteiger charge is -1.99. The van der Waals surface area contributed by atoms with Gasteiger partial charge in [0.05, 0.1) is 6.04 Å². The minimum atomic E-state index is -0.942. The number of nitrogens with two attached hydrogens (primary N) is 1. The van der Waals surface area contributed by atoms with Gasteiger partial charge in [-0.2, -0.15) is 0 Å². The topological polar surface area (TPSA) is 63.3 Å². The minimum absolute atomic E-state index is 0.440. The zero-order valence-corrected chi connectivity index (χ0v) is 4.79. The molecule has 45 valence electrons. The third-order valence-electron chi connectivity index (χ3n) is 0.807. The fourth-order valence-corrected chi connectivity index (χ4v) is 0.355. The molecule has 3 N–H and O–H groups in total. The van der Waals surface area contributed by atoms with Crippen LogP contribution in [0.25, 0.3) is 0 Å². The van der Waals surface area contributed by atoms with Crippen molar-refractivity contribution in [2.75, 3.05) is 0 Å². The molecule has 1 unspecified atom stereocenters. The molecule has 0 fully saturated rings. The highest BCUT2D eigenvalue weighted by molar-refractivity contribution is 6.34. The van der Waals surface area contributed by atoms with Crippen molar-refractivity contribution in [1.29, 1.82) is 0 Å². The van der Waals surface area contributed by atoms with E-state index in [1.807, 2.05) is 0 Å². The molecule has 8 heavy (non-hydrogen) atoms. The molecule has 0 spiro atoms. The highest BCUT2D eigenvalue weighted by Crippen LogP contribution is 1.85. The average Bonchev–Trinajstić information content (AvgIpc) is 1.67. The highest BCUT2D eigenvalue weighted by atomic mass is 16.4. The van der Waals surface area contributed by atoms with Crippen LogP contribution in [0, 0.1) is 0 Å². The van der Waals surface area contributed by atoms with E-state index in [9.17, 15) is 4.79 Å². The van der Waals surface area contributed by atoms with E-state index in [1.165, 1.54) is 0 Å². The average molecular weight is 114 g/mol. The molecule has 0 bridgehead atoms. The van der Waals surface area contributed by atoms with E-state index in [-0.39, 0.29) is 0 Å².